The van der Waals surface area contributed by atoms with Crippen LogP contribution in [0.4, 0.5) is 0 Å². The van der Waals surface area contributed by atoms with Gasteiger partial charge in [0, 0.05) is 12.4 Å². The number of pyridine rings is 2. The quantitative estimate of drug-likeness (QED) is 0.694. The van der Waals surface area contributed by atoms with E-state index >= 15 is 0 Å². The molecule has 102 valence electrons. The maximum absolute atomic E-state index is 12.2. The molecule has 0 aliphatic heterocycles. The smallest absolute Gasteiger partial charge is 0.284 e. The Morgan fingerprint density at radius 1 is 0.850 bits per heavy atom. The van der Waals surface area contributed by atoms with E-state index in [2.05, 4.69) is 0 Å². The number of hydrogen-bond donors (Lipinski definition) is 2. The fourth-order valence-corrected chi connectivity index (χ4v) is 1.78. The zero-order valence-electron chi connectivity index (χ0n) is 11.2. The average Bonchev–Trinajstić information content (AvgIpc) is 2.43. The number of hydrogen-bond acceptors (Lipinski definition) is 4. The summed E-state index contributed by atoms with van der Waals surface area (Å²) < 4.78 is 1.96. The predicted octanol–water partition coefficient (Wildman–Crippen LogP) is 0.846. The Bertz CT molecular complexity index is 745. The third-order valence-corrected chi connectivity index (χ3v) is 3.01. The van der Waals surface area contributed by atoms with Crippen molar-refractivity contribution in [1.29, 1.82) is 10.8 Å². The van der Waals surface area contributed by atoms with E-state index in [4.69, 9.17) is 10.8 Å². The molecular formula is C14H14N4O2. The van der Waals surface area contributed by atoms with Crippen molar-refractivity contribution in [2.75, 3.05) is 0 Å². The van der Waals surface area contributed by atoms with Crippen molar-refractivity contribution in [3.05, 3.63) is 58.8 Å². The number of aromatic nitrogens is 2. The minimum Gasteiger partial charge on any atom is -0.284 e. The number of nitrogens with zero attached hydrogens (tertiary/aromatic N) is 2. The summed E-state index contributed by atoms with van der Waals surface area (Å²) in [5.74, 6) is -1.72. The van der Waals surface area contributed by atoms with Crippen molar-refractivity contribution in [2.45, 2.75) is 13.8 Å². The first-order valence-corrected chi connectivity index (χ1v) is 5.98. The first-order chi connectivity index (χ1) is 9.43. The molecule has 0 unspecified atom stereocenters. The maximum Gasteiger partial charge on any atom is 0.322 e. The van der Waals surface area contributed by atoms with E-state index < -0.39 is 11.8 Å². The molecule has 0 saturated heterocycles. The first kappa shape index (κ1) is 13.7. The Hall–Kier alpha value is -2.76. The van der Waals surface area contributed by atoms with Crippen molar-refractivity contribution >= 4 is 11.8 Å². The zero-order valence-corrected chi connectivity index (χ0v) is 11.2. The number of rotatable bonds is 0. The van der Waals surface area contributed by atoms with Crippen LogP contribution in [0.15, 0.2) is 36.7 Å². The molecule has 6 nitrogen and oxygen atoms in total. The topological polar surface area (TPSA) is 91.7 Å². The van der Waals surface area contributed by atoms with Crippen molar-refractivity contribution in [1.82, 2.24) is 9.13 Å². The lowest BCUT2D eigenvalue weighted by molar-refractivity contribution is 0.0708. The van der Waals surface area contributed by atoms with Gasteiger partial charge in [-0.15, -0.1) is 0 Å². The summed E-state index contributed by atoms with van der Waals surface area (Å²) in [6, 6.07) is 6.57. The fourth-order valence-electron chi connectivity index (χ4n) is 1.78. The van der Waals surface area contributed by atoms with Crippen LogP contribution in [0.25, 0.3) is 0 Å². The highest BCUT2D eigenvalue weighted by Crippen LogP contribution is 1.94. The van der Waals surface area contributed by atoms with E-state index in [1.54, 1.807) is 38.1 Å². The Morgan fingerprint density at radius 3 is 1.55 bits per heavy atom. The van der Waals surface area contributed by atoms with E-state index in [9.17, 15) is 9.59 Å². The van der Waals surface area contributed by atoms with Gasteiger partial charge in [-0.3, -0.25) is 29.5 Å². The molecule has 20 heavy (non-hydrogen) atoms. The molecule has 0 aromatic carbocycles. The summed E-state index contributed by atoms with van der Waals surface area (Å²) in [6.45, 7) is 3.37. The van der Waals surface area contributed by atoms with Gasteiger partial charge in [-0.1, -0.05) is 12.1 Å². The van der Waals surface area contributed by atoms with Gasteiger partial charge in [0.1, 0.15) is 11.0 Å². The van der Waals surface area contributed by atoms with Crippen molar-refractivity contribution in [3.63, 3.8) is 0 Å². The lowest BCUT2D eigenvalue weighted by Crippen LogP contribution is -2.39. The number of nitrogens with one attached hydrogen (secondary N) is 2. The fraction of sp³-hybridized carbons (Fsp3) is 0.143. The highest BCUT2D eigenvalue weighted by Gasteiger charge is 2.19. The molecule has 0 spiro atoms. The van der Waals surface area contributed by atoms with E-state index in [0.29, 0.717) is 11.1 Å². The highest BCUT2D eigenvalue weighted by molar-refractivity contribution is 6.36. The second-order valence-corrected chi connectivity index (χ2v) is 4.43. The molecule has 0 amide bonds. The highest BCUT2D eigenvalue weighted by atomic mass is 16.2. The molecule has 2 rings (SSSR count). The average molecular weight is 270 g/mol. The summed E-state index contributed by atoms with van der Waals surface area (Å²) in [4.78, 5) is 24.3. The number of aryl methyl sites for hydroxylation is 2. The molecule has 0 atom stereocenters. The van der Waals surface area contributed by atoms with Gasteiger partial charge in [-0.25, -0.2) is 0 Å². The third kappa shape index (κ3) is 2.23. The maximum atomic E-state index is 12.2. The summed E-state index contributed by atoms with van der Waals surface area (Å²) in [7, 11) is 0. The predicted molar refractivity (Wildman–Crippen MR) is 71.3 cm³/mol. The number of carbonyl (C=O) groups excluding carboxylic acids is 2. The van der Waals surface area contributed by atoms with E-state index in [-0.39, 0.29) is 11.0 Å². The third-order valence-electron chi connectivity index (χ3n) is 3.01. The van der Waals surface area contributed by atoms with Crippen LogP contribution in [0.1, 0.15) is 20.7 Å². The van der Waals surface area contributed by atoms with Crippen molar-refractivity contribution in [3.8, 4) is 0 Å². The summed E-state index contributed by atoms with van der Waals surface area (Å²) >= 11 is 0. The van der Waals surface area contributed by atoms with Gasteiger partial charge in [0.25, 0.3) is 0 Å². The van der Waals surface area contributed by atoms with Crippen molar-refractivity contribution in [2.24, 2.45) is 0 Å². The van der Waals surface area contributed by atoms with Crippen LogP contribution in [-0.4, -0.2) is 20.9 Å². The molecule has 0 bridgehead atoms. The standard InChI is InChI=1S/C14H14N4O2/c1-9-5-3-7-17(11(9)15)13(19)14(20)18-8-4-6-10(2)12(18)16/h3-8,15-16H,1-2H3. The summed E-state index contributed by atoms with van der Waals surface area (Å²) in [5.41, 5.74) is 1.11. The van der Waals surface area contributed by atoms with Crippen LogP contribution in [-0.2, 0) is 0 Å². The second-order valence-electron chi connectivity index (χ2n) is 4.43. The SMILES string of the molecule is Cc1cccn(C(=O)C(=O)n2cccc(C)c2=N)c1=N. The van der Waals surface area contributed by atoms with Crippen LogP contribution in [0.2, 0.25) is 0 Å². The molecule has 2 heterocycles. The molecule has 0 radical (unpaired) electrons. The van der Waals surface area contributed by atoms with Crippen LogP contribution in [0.5, 0.6) is 0 Å². The van der Waals surface area contributed by atoms with Crippen LogP contribution in [0.3, 0.4) is 0 Å². The minimum absolute atomic E-state index is 0.0365. The van der Waals surface area contributed by atoms with Gasteiger partial charge in [-0.2, -0.15) is 0 Å². The minimum atomic E-state index is -0.859. The molecule has 0 fully saturated rings. The van der Waals surface area contributed by atoms with Gasteiger partial charge in [0.15, 0.2) is 0 Å². The molecular weight excluding hydrogens is 256 g/mol. The first-order valence-electron chi connectivity index (χ1n) is 5.98. The Morgan fingerprint density at radius 2 is 1.20 bits per heavy atom. The lowest BCUT2D eigenvalue weighted by atomic mass is 10.3. The largest absolute Gasteiger partial charge is 0.322 e. The zero-order chi connectivity index (χ0) is 14.9. The number of carbonyl (C=O) groups is 2. The van der Waals surface area contributed by atoms with Gasteiger partial charge in [0.2, 0.25) is 0 Å². The Kier molecular flexibility index (Phi) is 3.47. The van der Waals surface area contributed by atoms with Gasteiger partial charge < -0.3 is 0 Å². The molecule has 2 N–H and O–H groups in total. The summed E-state index contributed by atoms with van der Waals surface area (Å²) in [6.07, 6.45) is 2.74. The molecule has 2 aromatic rings. The van der Waals surface area contributed by atoms with Crippen LogP contribution in [0, 0.1) is 24.7 Å². The second kappa shape index (κ2) is 5.08. The van der Waals surface area contributed by atoms with Crippen LogP contribution < -0.4 is 11.0 Å². The monoisotopic (exact) mass is 270 g/mol. The Balaban J connectivity index is 2.52. The summed E-state index contributed by atoms with van der Waals surface area (Å²) in [5, 5.41) is 15.6. The van der Waals surface area contributed by atoms with Crippen LogP contribution >= 0.6 is 0 Å². The van der Waals surface area contributed by atoms with E-state index in [1.807, 2.05) is 0 Å². The lowest BCUT2D eigenvalue weighted by Gasteiger charge is -2.08. The molecule has 2 aromatic heterocycles. The molecule has 0 aliphatic rings. The Labute approximate surface area is 115 Å². The van der Waals surface area contributed by atoms with E-state index in [1.165, 1.54) is 12.4 Å². The normalized spacial score (nSPS) is 10.3. The van der Waals surface area contributed by atoms with Gasteiger partial charge in [0.05, 0.1) is 0 Å². The molecule has 6 heteroatoms. The van der Waals surface area contributed by atoms with Crippen molar-refractivity contribution < 1.29 is 9.59 Å². The van der Waals surface area contributed by atoms with Gasteiger partial charge in [-0.05, 0) is 37.1 Å². The molecule has 0 aliphatic carbocycles. The molecule has 0 saturated carbocycles. The van der Waals surface area contributed by atoms with Gasteiger partial charge >= 0.3 is 11.8 Å². The van der Waals surface area contributed by atoms with E-state index in [0.717, 1.165) is 9.13 Å².